The van der Waals surface area contributed by atoms with Crippen LogP contribution in [0.5, 0.6) is 0 Å². The normalized spacial score (nSPS) is 14.8. The third kappa shape index (κ3) is 5.47. The fourth-order valence-corrected chi connectivity index (χ4v) is 3.57. The highest BCUT2D eigenvalue weighted by Crippen LogP contribution is 2.26. The minimum Gasteiger partial charge on any atom is -0.218 e. The summed E-state index contributed by atoms with van der Waals surface area (Å²) < 4.78 is 1.16. The molecule has 0 saturated heterocycles. The standard InChI is InChI=1S/C14H21N3S2/c1-2-3-7-10-15-17-12-19-14(16-17)18-11-13-8-5-4-6-9-13/h4-6,8-9,15H,2-3,7,10-12H2,1H3. The number of nitrogens with one attached hydrogen (secondary N) is 1. The van der Waals surface area contributed by atoms with Crippen LogP contribution in [0, 0.1) is 0 Å². The van der Waals surface area contributed by atoms with E-state index in [0.29, 0.717) is 0 Å². The first-order chi connectivity index (χ1) is 9.38. The van der Waals surface area contributed by atoms with E-state index in [1.807, 2.05) is 28.6 Å². The third-order valence-corrected chi connectivity index (χ3v) is 5.01. The van der Waals surface area contributed by atoms with Gasteiger partial charge in [0.15, 0.2) is 4.38 Å². The van der Waals surface area contributed by atoms with Gasteiger partial charge in [-0.15, -0.1) is 5.10 Å². The van der Waals surface area contributed by atoms with Crippen LogP contribution in [-0.4, -0.2) is 21.9 Å². The SMILES string of the molecule is CCCCCNN1CSC(SCc2ccccc2)=N1. The second-order valence-corrected chi connectivity index (χ2v) is 6.58. The zero-order valence-electron chi connectivity index (χ0n) is 11.3. The van der Waals surface area contributed by atoms with Crippen LogP contribution in [0.3, 0.4) is 0 Å². The maximum atomic E-state index is 4.57. The topological polar surface area (TPSA) is 27.6 Å². The maximum Gasteiger partial charge on any atom is 0.153 e. The van der Waals surface area contributed by atoms with Gasteiger partial charge in [0, 0.05) is 12.3 Å². The number of thioether (sulfide) groups is 2. The van der Waals surface area contributed by atoms with E-state index in [2.05, 4.69) is 47.8 Å². The van der Waals surface area contributed by atoms with E-state index in [4.69, 9.17) is 0 Å². The zero-order valence-corrected chi connectivity index (χ0v) is 13.0. The van der Waals surface area contributed by atoms with Gasteiger partial charge in [0.2, 0.25) is 0 Å². The number of hydrazone groups is 1. The van der Waals surface area contributed by atoms with Crippen LogP contribution < -0.4 is 5.43 Å². The van der Waals surface area contributed by atoms with Gasteiger partial charge in [0.25, 0.3) is 0 Å². The summed E-state index contributed by atoms with van der Waals surface area (Å²) in [5.74, 6) is 1.92. The molecule has 2 rings (SSSR count). The lowest BCUT2D eigenvalue weighted by Gasteiger charge is -2.13. The molecule has 0 aliphatic carbocycles. The minimum atomic E-state index is 0.920. The molecule has 0 bridgehead atoms. The van der Waals surface area contributed by atoms with E-state index in [-0.39, 0.29) is 0 Å². The van der Waals surface area contributed by atoms with Gasteiger partial charge in [-0.2, -0.15) is 0 Å². The van der Waals surface area contributed by atoms with Crippen molar-refractivity contribution in [1.29, 1.82) is 0 Å². The Morgan fingerprint density at radius 1 is 1.32 bits per heavy atom. The first-order valence-electron chi connectivity index (χ1n) is 6.77. The summed E-state index contributed by atoms with van der Waals surface area (Å²) in [6.07, 6.45) is 3.77. The van der Waals surface area contributed by atoms with E-state index < -0.39 is 0 Å². The van der Waals surface area contributed by atoms with Crippen LogP contribution in [-0.2, 0) is 5.75 Å². The van der Waals surface area contributed by atoms with Gasteiger partial charge in [-0.3, -0.25) is 0 Å². The Labute approximate surface area is 124 Å². The molecule has 1 aromatic carbocycles. The molecule has 0 aromatic heterocycles. The molecule has 19 heavy (non-hydrogen) atoms. The van der Waals surface area contributed by atoms with Gasteiger partial charge >= 0.3 is 0 Å². The lowest BCUT2D eigenvalue weighted by molar-refractivity contribution is 0.239. The molecule has 1 aromatic rings. The van der Waals surface area contributed by atoms with Crippen LogP contribution in [0.2, 0.25) is 0 Å². The number of hydrogen-bond acceptors (Lipinski definition) is 5. The average Bonchev–Trinajstić information content (AvgIpc) is 2.91. The van der Waals surface area contributed by atoms with Crippen molar-refractivity contribution >= 4 is 27.9 Å². The lowest BCUT2D eigenvalue weighted by atomic mass is 10.2. The van der Waals surface area contributed by atoms with Crippen molar-refractivity contribution in [2.24, 2.45) is 5.10 Å². The van der Waals surface area contributed by atoms with E-state index in [1.165, 1.54) is 24.8 Å². The van der Waals surface area contributed by atoms with Crippen molar-refractivity contribution in [3.05, 3.63) is 35.9 Å². The summed E-state index contributed by atoms with van der Waals surface area (Å²) in [5.41, 5.74) is 4.71. The molecular weight excluding hydrogens is 274 g/mol. The van der Waals surface area contributed by atoms with Crippen molar-refractivity contribution in [3.8, 4) is 0 Å². The summed E-state index contributed by atoms with van der Waals surface area (Å²) in [6.45, 7) is 3.25. The molecule has 0 unspecified atom stereocenters. The van der Waals surface area contributed by atoms with E-state index in [0.717, 1.165) is 22.6 Å². The van der Waals surface area contributed by atoms with E-state index >= 15 is 0 Å². The van der Waals surface area contributed by atoms with Gasteiger partial charge in [-0.25, -0.2) is 10.5 Å². The molecule has 0 amide bonds. The molecule has 1 heterocycles. The first kappa shape index (κ1) is 14.8. The fourth-order valence-electron chi connectivity index (χ4n) is 1.73. The monoisotopic (exact) mass is 295 g/mol. The molecule has 5 heteroatoms. The predicted octanol–water partition coefficient (Wildman–Crippen LogP) is 3.89. The molecule has 0 spiro atoms. The largest absolute Gasteiger partial charge is 0.218 e. The number of unbranched alkanes of at least 4 members (excludes halogenated alkanes) is 2. The quantitative estimate of drug-likeness (QED) is 0.772. The van der Waals surface area contributed by atoms with Crippen molar-refractivity contribution < 1.29 is 0 Å². The molecule has 0 radical (unpaired) electrons. The number of nitrogens with zero attached hydrogens (tertiary/aromatic N) is 2. The molecule has 1 aliphatic heterocycles. The Bertz CT molecular complexity index is 395. The maximum absolute atomic E-state index is 4.57. The van der Waals surface area contributed by atoms with Gasteiger partial charge in [0.05, 0.1) is 0 Å². The Balaban J connectivity index is 1.67. The molecule has 1 aliphatic rings. The lowest BCUT2D eigenvalue weighted by Crippen LogP contribution is -2.31. The smallest absolute Gasteiger partial charge is 0.153 e. The van der Waals surface area contributed by atoms with Crippen LogP contribution in [0.1, 0.15) is 31.7 Å². The van der Waals surface area contributed by atoms with Crippen LogP contribution >= 0.6 is 23.5 Å². The zero-order chi connectivity index (χ0) is 13.3. The summed E-state index contributed by atoms with van der Waals surface area (Å²) in [5, 5.41) is 6.53. The van der Waals surface area contributed by atoms with Gasteiger partial charge < -0.3 is 0 Å². The summed E-state index contributed by atoms with van der Waals surface area (Å²) in [7, 11) is 0. The minimum absolute atomic E-state index is 0.920. The molecule has 0 saturated carbocycles. The summed E-state index contributed by atoms with van der Waals surface area (Å²) >= 11 is 3.63. The Morgan fingerprint density at radius 3 is 2.95 bits per heavy atom. The molecule has 1 N–H and O–H groups in total. The molecule has 0 fully saturated rings. The predicted molar refractivity (Wildman–Crippen MR) is 87.0 cm³/mol. The number of rotatable bonds is 7. The van der Waals surface area contributed by atoms with Crippen LogP contribution in [0.25, 0.3) is 0 Å². The van der Waals surface area contributed by atoms with Gasteiger partial charge in [-0.05, 0) is 12.0 Å². The summed E-state index contributed by atoms with van der Waals surface area (Å²) in [4.78, 5) is 0. The van der Waals surface area contributed by atoms with Crippen molar-refractivity contribution in [2.45, 2.75) is 31.9 Å². The highest BCUT2D eigenvalue weighted by atomic mass is 32.2. The highest BCUT2D eigenvalue weighted by Gasteiger charge is 2.14. The average molecular weight is 295 g/mol. The summed E-state index contributed by atoms with van der Waals surface area (Å²) in [6, 6.07) is 10.5. The van der Waals surface area contributed by atoms with Crippen molar-refractivity contribution in [2.75, 3.05) is 12.4 Å². The number of hydrazine groups is 1. The number of hydrogen-bond donors (Lipinski definition) is 1. The first-order valence-corrected chi connectivity index (χ1v) is 8.75. The van der Waals surface area contributed by atoms with Crippen LogP contribution in [0.4, 0.5) is 0 Å². The fraction of sp³-hybridized carbons (Fsp3) is 0.500. The Kier molecular flexibility index (Phi) is 6.61. The van der Waals surface area contributed by atoms with E-state index in [1.54, 1.807) is 0 Å². The van der Waals surface area contributed by atoms with Gasteiger partial charge in [-0.1, -0.05) is 73.6 Å². The van der Waals surface area contributed by atoms with Crippen molar-refractivity contribution in [1.82, 2.24) is 10.5 Å². The second-order valence-electron chi connectivity index (χ2n) is 4.43. The molecule has 0 atom stereocenters. The number of benzene rings is 1. The van der Waals surface area contributed by atoms with Gasteiger partial charge in [0.1, 0.15) is 5.88 Å². The second kappa shape index (κ2) is 8.51. The Hall–Kier alpha value is -0.650. The Morgan fingerprint density at radius 2 is 2.16 bits per heavy atom. The third-order valence-electron chi connectivity index (χ3n) is 2.79. The van der Waals surface area contributed by atoms with Crippen LogP contribution in [0.15, 0.2) is 35.4 Å². The van der Waals surface area contributed by atoms with Crippen molar-refractivity contribution in [3.63, 3.8) is 0 Å². The van der Waals surface area contributed by atoms with E-state index in [9.17, 15) is 0 Å². The molecular formula is C14H21N3S2. The molecule has 3 nitrogen and oxygen atoms in total. The highest BCUT2D eigenvalue weighted by molar-refractivity contribution is 8.38. The molecule has 104 valence electrons.